The number of fused-ring (bicyclic) bond motifs is 4. The summed E-state index contributed by atoms with van der Waals surface area (Å²) in [5.74, 6) is -0.878. The summed E-state index contributed by atoms with van der Waals surface area (Å²) in [4.78, 5) is 44.9. The Hall–Kier alpha value is -3.52. The van der Waals surface area contributed by atoms with Crippen molar-refractivity contribution in [2.45, 2.75) is 6.92 Å². The summed E-state index contributed by atoms with van der Waals surface area (Å²) in [7, 11) is 0. The van der Waals surface area contributed by atoms with Crippen LogP contribution in [-0.4, -0.2) is 34.4 Å². The quantitative estimate of drug-likeness (QED) is 0.485. The molecule has 0 saturated carbocycles. The summed E-state index contributed by atoms with van der Waals surface area (Å²) in [5, 5.41) is 0. The molecule has 0 radical (unpaired) electrons. The van der Waals surface area contributed by atoms with Gasteiger partial charge in [0.2, 0.25) is 0 Å². The Morgan fingerprint density at radius 3 is 2.69 bits per heavy atom. The summed E-state index contributed by atoms with van der Waals surface area (Å²) < 4.78 is 6.86. The van der Waals surface area contributed by atoms with E-state index in [4.69, 9.17) is 4.74 Å². The minimum atomic E-state index is -0.494. The smallest absolute Gasteiger partial charge is 0.326 e. The molecule has 2 aromatic heterocycles. The number of anilines is 1. The summed E-state index contributed by atoms with van der Waals surface area (Å²) >= 11 is 1.18. The molecular weight excluding hydrogens is 390 g/mol. The number of hydrogen-bond acceptors (Lipinski definition) is 6. The van der Waals surface area contributed by atoms with Gasteiger partial charge < -0.3 is 4.74 Å². The van der Waals surface area contributed by atoms with Crippen molar-refractivity contribution in [1.82, 2.24) is 9.38 Å². The van der Waals surface area contributed by atoms with Gasteiger partial charge in [-0.25, -0.2) is 9.38 Å². The van der Waals surface area contributed by atoms with Gasteiger partial charge >= 0.3 is 5.97 Å². The Balaban J connectivity index is 1.76. The average Bonchev–Trinajstić information content (AvgIpc) is 3.32. The first-order valence-electron chi connectivity index (χ1n) is 9.11. The minimum absolute atomic E-state index is 0.202. The second kappa shape index (κ2) is 6.52. The molecule has 3 heterocycles. The van der Waals surface area contributed by atoms with Crippen molar-refractivity contribution < 1.29 is 14.3 Å². The molecule has 1 aliphatic rings. The average molecular weight is 405 g/mol. The maximum Gasteiger partial charge on any atom is 0.326 e. The van der Waals surface area contributed by atoms with Crippen molar-refractivity contribution in [3.05, 3.63) is 69.0 Å². The van der Waals surface area contributed by atoms with Gasteiger partial charge in [-0.3, -0.25) is 19.3 Å². The second-order valence-corrected chi connectivity index (χ2v) is 7.52. The summed E-state index contributed by atoms with van der Waals surface area (Å²) in [5.41, 5.74) is 2.68. The molecule has 0 atom stereocenters. The fourth-order valence-electron chi connectivity index (χ4n) is 3.66. The van der Waals surface area contributed by atoms with Crippen LogP contribution in [-0.2, 0) is 14.3 Å². The molecule has 5 rings (SSSR count). The number of benzene rings is 2. The molecule has 8 heteroatoms. The Kier molecular flexibility index (Phi) is 3.95. The van der Waals surface area contributed by atoms with Gasteiger partial charge in [0.15, 0.2) is 4.96 Å². The lowest BCUT2D eigenvalue weighted by atomic mass is 10.1. The number of carbonyl (C=O) groups is 2. The van der Waals surface area contributed by atoms with Crippen molar-refractivity contribution in [2.75, 3.05) is 18.1 Å². The molecule has 2 aromatic carbocycles. The number of nitrogens with zero attached hydrogens (tertiary/aromatic N) is 3. The first kappa shape index (κ1) is 17.6. The van der Waals surface area contributed by atoms with Gasteiger partial charge in [-0.15, -0.1) is 0 Å². The molecule has 29 heavy (non-hydrogen) atoms. The molecule has 1 amide bonds. The lowest BCUT2D eigenvalue weighted by molar-refractivity contribution is -0.142. The number of imidazole rings is 1. The van der Waals surface area contributed by atoms with Crippen LogP contribution in [0.4, 0.5) is 5.69 Å². The van der Waals surface area contributed by atoms with Gasteiger partial charge in [-0.2, -0.15) is 0 Å². The molecule has 0 bridgehead atoms. The van der Waals surface area contributed by atoms with Gasteiger partial charge in [0.05, 0.1) is 28.9 Å². The van der Waals surface area contributed by atoms with E-state index in [0.717, 1.165) is 5.52 Å². The van der Waals surface area contributed by atoms with Crippen molar-refractivity contribution in [1.29, 1.82) is 0 Å². The molecule has 0 spiro atoms. The van der Waals surface area contributed by atoms with Crippen LogP contribution in [0.25, 0.3) is 21.6 Å². The van der Waals surface area contributed by atoms with Crippen molar-refractivity contribution in [2.24, 2.45) is 0 Å². The maximum atomic E-state index is 13.2. The topological polar surface area (TPSA) is 81.0 Å². The zero-order chi connectivity index (χ0) is 20.1. The zero-order valence-electron chi connectivity index (χ0n) is 15.4. The fraction of sp³-hybridized carbons (Fsp3) is 0.143. The number of rotatable bonds is 3. The van der Waals surface area contributed by atoms with E-state index in [-0.39, 0.29) is 24.6 Å². The molecule has 144 valence electrons. The molecule has 0 aliphatic carbocycles. The van der Waals surface area contributed by atoms with E-state index in [1.807, 2.05) is 24.3 Å². The normalized spacial score (nSPS) is 15.3. The third kappa shape index (κ3) is 2.56. The van der Waals surface area contributed by atoms with Crippen molar-refractivity contribution in [3.8, 4) is 0 Å². The number of carbonyl (C=O) groups excluding carboxylic acids is 2. The van der Waals surface area contributed by atoms with Gasteiger partial charge in [0.1, 0.15) is 11.1 Å². The Bertz CT molecular complexity index is 1420. The largest absolute Gasteiger partial charge is 0.465 e. The van der Waals surface area contributed by atoms with E-state index in [2.05, 4.69) is 4.98 Å². The standard InChI is InChI=1S/C21H15N3O4S/c1-2-28-16(25)11-23-14-9-5-3-7-12(14)17(19(23)26)18-20(27)24-15-10-6-4-8-13(15)22-21(24)29-18/h3-10H,2,11H2,1H3/b18-17-. The van der Waals surface area contributed by atoms with Crippen molar-refractivity contribution in [3.63, 3.8) is 0 Å². The highest BCUT2D eigenvalue weighted by Crippen LogP contribution is 2.35. The monoisotopic (exact) mass is 405 g/mol. The van der Waals surface area contributed by atoms with E-state index in [9.17, 15) is 14.4 Å². The molecule has 7 nitrogen and oxygen atoms in total. The number of para-hydroxylation sites is 3. The zero-order valence-corrected chi connectivity index (χ0v) is 16.2. The summed E-state index contributed by atoms with van der Waals surface area (Å²) in [6.45, 7) is 1.75. The van der Waals surface area contributed by atoms with Gasteiger partial charge in [-0.05, 0) is 25.1 Å². The number of aromatic nitrogens is 2. The minimum Gasteiger partial charge on any atom is -0.465 e. The predicted molar refractivity (Wildman–Crippen MR) is 110 cm³/mol. The van der Waals surface area contributed by atoms with E-state index >= 15 is 0 Å². The Morgan fingerprint density at radius 1 is 1.10 bits per heavy atom. The SMILES string of the molecule is CCOC(=O)CN1C(=O)/C(=c2\sc3nc4ccccc4n3c2=O)c2ccccc21. The van der Waals surface area contributed by atoms with Gasteiger partial charge in [-0.1, -0.05) is 41.7 Å². The van der Waals surface area contributed by atoms with E-state index in [0.29, 0.717) is 31.8 Å². The number of hydrogen-bond donors (Lipinski definition) is 0. The summed E-state index contributed by atoms with van der Waals surface area (Å²) in [6, 6.07) is 14.5. The van der Waals surface area contributed by atoms with Crippen LogP contribution in [0.3, 0.4) is 0 Å². The van der Waals surface area contributed by atoms with Crippen LogP contribution in [0.15, 0.2) is 53.3 Å². The Morgan fingerprint density at radius 2 is 1.86 bits per heavy atom. The van der Waals surface area contributed by atoms with Crippen LogP contribution in [0.5, 0.6) is 0 Å². The summed E-state index contributed by atoms with van der Waals surface area (Å²) in [6.07, 6.45) is 0. The van der Waals surface area contributed by atoms with Crippen molar-refractivity contribution >= 4 is 50.5 Å². The molecule has 1 aliphatic heterocycles. The third-order valence-electron chi connectivity index (χ3n) is 4.86. The Labute approximate surface area is 168 Å². The molecule has 0 N–H and O–H groups in total. The van der Waals surface area contributed by atoms with Crippen LogP contribution in [0, 0.1) is 0 Å². The molecule has 0 fully saturated rings. The molecule has 0 unspecified atom stereocenters. The molecular formula is C21H15N3O4S. The van der Waals surface area contributed by atoms with E-state index in [1.165, 1.54) is 20.6 Å². The van der Waals surface area contributed by atoms with Crippen LogP contribution in [0.2, 0.25) is 0 Å². The maximum absolute atomic E-state index is 13.2. The van der Waals surface area contributed by atoms with Crippen LogP contribution in [0.1, 0.15) is 12.5 Å². The first-order valence-corrected chi connectivity index (χ1v) is 9.93. The lowest BCUT2D eigenvalue weighted by Crippen LogP contribution is -2.36. The van der Waals surface area contributed by atoms with Gasteiger partial charge in [0, 0.05) is 5.56 Å². The lowest BCUT2D eigenvalue weighted by Gasteiger charge is -2.15. The third-order valence-corrected chi connectivity index (χ3v) is 5.90. The highest BCUT2D eigenvalue weighted by atomic mass is 32.1. The van der Waals surface area contributed by atoms with Crippen LogP contribution >= 0.6 is 11.3 Å². The van der Waals surface area contributed by atoms with Crippen LogP contribution < -0.4 is 15.0 Å². The fourth-order valence-corrected chi connectivity index (χ4v) is 4.73. The first-order chi connectivity index (χ1) is 14.1. The van der Waals surface area contributed by atoms with Gasteiger partial charge in [0.25, 0.3) is 11.5 Å². The predicted octanol–water partition coefficient (Wildman–Crippen LogP) is 1.74. The highest BCUT2D eigenvalue weighted by molar-refractivity contribution is 7.15. The number of thiazole rings is 1. The molecule has 4 aromatic rings. The van der Waals surface area contributed by atoms with E-state index in [1.54, 1.807) is 31.2 Å². The number of ether oxygens (including phenoxy) is 1. The second-order valence-electron chi connectivity index (χ2n) is 6.54. The highest BCUT2D eigenvalue weighted by Gasteiger charge is 2.35. The van der Waals surface area contributed by atoms with E-state index < -0.39 is 5.97 Å². The molecule has 0 saturated heterocycles. The number of esters is 1. The number of amides is 1.